The van der Waals surface area contributed by atoms with Gasteiger partial charge in [0.2, 0.25) is 15.9 Å². The largest absolute Gasteiger partial charge is 0.451 e. The molecule has 0 aliphatic carbocycles. The maximum atomic E-state index is 14.9. The summed E-state index contributed by atoms with van der Waals surface area (Å²) >= 11 is 5.80. The van der Waals surface area contributed by atoms with Crippen molar-refractivity contribution in [2.75, 3.05) is 59.0 Å². The first-order valence-electron chi connectivity index (χ1n) is 13.3. The van der Waals surface area contributed by atoms with Gasteiger partial charge in [0.25, 0.3) is 5.91 Å². The molecule has 3 amide bonds. The molecule has 2 N–H and O–H groups in total. The van der Waals surface area contributed by atoms with Gasteiger partial charge in [0.15, 0.2) is 17.4 Å². The summed E-state index contributed by atoms with van der Waals surface area (Å²) in [5.74, 6) is -5.08. The lowest BCUT2D eigenvalue weighted by Gasteiger charge is -2.34. The van der Waals surface area contributed by atoms with E-state index in [1.807, 2.05) is 0 Å². The van der Waals surface area contributed by atoms with Crippen LogP contribution in [-0.2, 0) is 24.3 Å². The van der Waals surface area contributed by atoms with Crippen LogP contribution in [0.3, 0.4) is 0 Å². The highest BCUT2D eigenvalue weighted by molar-refractivity contribution is 7.89. The topological polar surface area (TPSA) is 149 Å². The monoisotopic (exact) mass is 659 g/mol. The molecule has 44 heavy (non-hydrogen) atoms. The maximum Gasteiger partial charge on any atom is 0.409 e. The molecule has 1 heterocycles. The van der Waals surface area contributed by atoms with E-state index in [1.165, 1.54) is 40.8 Å². The van der Waals surface area contributed by atoms with E-state index in [1.54, 1.807) is 11.8 Å². The van der Waals surface area contributed by atoms with Gasteiger partial charge in [0.1, 0.15) is 5.75 Å². The molecule has 2 aromatic carbocycles. The van der Waals surface area contributed by atoms with Crippen LogP contribution in [0.2, 0.25) is 5.02 Å². The van der Waals surface area contributed by atoms with Crippen LogP contribution in [0.1, 0.15) is 6.92 Å². The van der Waals surface area contributed by atoms with Gasteiger partial charge in [-0.3, -0.25) is 19.7 Å². The number of sulfonamides is 1. The fraction of sp³-hybridized carbons (Fsp3) is 0.370. The Hall–Kier alpha value is -3.83. The molecule has 0 atom stereocenters. The molecular formula is C27H32ClF2N5O8S. The molecule has 0 radical (unpaired) electrons. The van der Waals surface area contributed by atoms with E-state index in [0.717, 1.165) is 4.90 Å². The van der Waals surface area contributed by atoms with Crippen LogP contribution in [0.4, 0.5) is 13.6 Å². The molecule has 0 spiro atoms. The molecule has 3 rings (SSSR count). The summed E-state index contributed by atoms with van der Waals surface area (Å²) in [6.45, 7) is 5.21. The highest BCUT2D eigenvalue weighted by Gasteiger charge is 2.31. The Morgan fingerprint density at radius 2 is 1.70 bits per heavy atom. The second-order valence-electron chi connectivity index (χ2n) is 9.38. The minimum Gasteiger partial charge on any atom is -0.451 e. The molecule has 17 heteroatoms. The van der Waals surface area contributed by atoms with Gasteiger partial charge in [0, 0.05) is 44.3 Å². The highest BCUT2D eigenvalue weighted by atomic mass is 35.5. The van der Waals surface area contributed by atoms with Gasteiger partial charge in [-0.15, -0.1) is 0 Å². The first-order chi connectivity index (χ1) is 20.9. The van der Waals surface area contributed by atoms with Gasteiger partial charge in [-0.05, 0) is 49.5 Å². The number of benzene rings is 2. The first kappa shape index (κ1) is 34.7. The normalized spacial score (nSPS) is 13.8. The van der Waals surface area contributed by atoms with E-state index in [2.05, 4.69) is 6.58 Å². The van der Waals surface area contributed by atoms with Crippen LogP contribution < -0.4 is 10.2 Å². The summed E-state index contributed by atoms with van der Waals surface area (Å²) < 4.78 is 67.4. The number of rotatable bonds is 13. The Bertz CT molecular complexity index is 1430. The van der Waals surface area contributed by atoms with Crippen molar-refractivity contribution in [1.82, 2.24) is 24.5 Å². The predicted octanol–water partition coefficient (Wildman–Crippen LogP) is 2.65. The fourth-order valence-corrected chi connectivity index (χ4v) is 5.69. The average molecular weight is 660 g/mol. The summed E-state index contributed by atoms with van der Waals surface area (Å²) in [5.41, 5.74) is 1.31. The lowest BCUT2D eigenvalue weighted by atomic mass is 10.3. The third-order valence-corrected chi connectivity index (χ3v) is 8.55. The zero-order valence-corrected chi connectivity index (χ0v) is 25.3. The Morgan fingerprint density at radius 1 is 1.09 bits per heavy atom. The standard InChI is InChI=1S/C27H32ClF2N5O8S/c1-3-33(25(37)18-32-9-11-34(12-10-32)27(38)42-4-2)13-14-35(17-24(36)31-39)44(40,41)21-15-22(29)26(23(30)16-21)43-20-7-5-19(28)6-8-20/h3,5-8,15-16,39H,1,4,9-14,17-18H2,2H3,(H,31,36). The quantitative estimate of drug-likeness (QED) is 0.245. The minimum atomic E-state index is -4.75. The van der Waals surface area contributed by atoms with Gasteiger partial charge in [-0.1, -0.05) is 18.2 Å². The van der Waals surface area contributed by atoms with E-state index in [0.29, 0.717) is 47.6 Å². The third kappa shape index (κ3) is 9.09. The van der Waals surface area contributed by atoms with Crippen molar-refractivity contribution in [3.05, 3.63) is 65.8 Å². The van der Waals surface area contributed by atoms with E-state index in [9.17, 15) is 31.6 Å². The summed E-state index contributed by atoms with van der Waals surface area (Å²) in [5, 5.41) is 9.35. The number of halogens is 3. The summed E-state index contributed by atoms with van der Waals surface area (Å²) in [6.07, 6.45) is 0.735. The van der Waals surface area contributed by atoms with Crippen molar-refractivity contribution in [1.29, 1.82) is 0 Å². The molecule has 240 valence electrons. The number of nitrogens with one attached hydrogen (secondary N) is 1. The molecule has 1 saturated heterocycles. The third-order valence-electron chi connectivity index (χ3n) is 6.48. The molecule has 1 fully saturated rings. The van der Waals surface area contributed by atoms with Gasteiger partial charge in [-0.2, -0.15) is 4.31 Å². The van der Waals surface area contributed by atoms with Gasteiger partial charge in [-0.25, -0.2) is 27.5 Å². The number of carbonyl (C=O) groups is 3. The van der Waals surface area contributed by atoms with E-state index in [4.69, 9.17) is 26.3 Å². The van der Waals surface area contributed by atoms with Crippen LogP contribution >= 0.6 is 11.6 Å². The number of hydroxylamine groups is 1. The predicted molar refractivity (Wildman–Crippen MR) is 154 cm³/mol. The van der Waals surface area contributed by atoms with Crippen molar-refractivity contribution in [2.45, 2.75) is 11.8 Å². The number of carbonyl (C=O) groups excluding carboxylic acids is 3. The number of piperazine rings is 1. The molecule has 0 aromatic heterocycles. The van der Waals surface area contributed by atoms with Crippen molar-refractivity contribution in [3.63, 3.8) is 0 Å². The Kier molecular flexibility index (Phi) is 12.4. The number of amides is 3. The van der Waals surface area contributed by atoms with Crippen LogP contribution in [0.25, 0.3) is 0 Å². The smallest absolute Gasteiger partial charge is 0.409 e. The Morgan fingerprint density at radius 3 is 2.25 bits per heavy atom. The zero-order valence-electron chi connectivity index (χ0n) is 23.7. The Labute approximate surface area is 258 Å². The molecule has 13 nitrogen and oxygen atoms in total. The lowest BCUT2D eigenvalue weighted by Crippen LogP contribution is -2.51. The molecule has 0 saturated carbocycles. The number of ether oxygens (including phenoxy) is 2. The molecule has 2 aromatic rings. The first-order valence-corrected chi connectivity index (χ1v) is 15.1. The van der Waals surface area contributed by atoms with Crippen molar-refractivity contribution in [2.24, 2.45) is 0 Å². The summed E-state index contributed by atoms with van der Waals surface area (Å²) in [6, 6.07) is 6.63. The van der Waals surface area contributed by atoms with Crippen molar-refractivity contribution >= 4 is 39.5 Å². The molecule has 1 aliphatic rings. The average Bonchev–Trinajstić information content (AvgIpc) is 2.99. The highest BCUT2D eigenvalue weighted by Crippen LogP contribution is 2.31. The van der Waals surface area contributed by atoms with Crippen molar-refractivity contribution in [3.8, 4) is 11.5 Å². The molecule has 0 bridgehead atoms. The number of nitrogens with zero attached hydrogens (tertiary/aromatic N) is 4. The number of hydrogen-bond acceptors (Lipinski definition) is 9. The lowest BCUT2D eigenvalue weighted by molar-refractivity contribution is -0.130. The fourth-order valence-electron chi connectivity index (χ4n) is 4.15. The summed E-state index contributed by atoms with van der Waals surface area (Å²) in [7, 11) is -4.75. The maximum absolute atomic E-state index is 14.9. The minimum absolute atomic E-state index is 0.0408. The SMILES string of the molecule is C=CN(CCN(CC(=O)NO)S(=O)(=O)c1cc(F)c(Oc2ccc(Cl)cc2)c(F)c1)C(=O)CN1CCN(C(=O)OCC)CC1. The van der Waals surface area contributed by atoms with E-state index < -0.39 is 63.3 Å². The van der Waals surface area contributed by atoms with Crippen LogP contribution in [0.5, 0.6) is 11.5 Å². The molecular weight excluding hydrogens is 628 g/mol. The molecule has 1 aliphatic heterocycles. The van der Waals surface area contributed by atoms with Crippen LogP contribution in [0, 0.1) is 11.6 Å². The Balaban J connectivity index is 1.72. The second kappa shape index (κ2) is 15.8. The van der Waals surface area contributed by atoms with Crippen LogP contribution in [0.15, 0.2) is 54.1 Å². The van der Waals surface area contributed by atoms with Crippen LogP contribution in [-0.4, -0.2) is 110 Å². The van der Waals surface area contributed by atoms with E-state index in [-0.39, 0.29) is 25.4 Å². The summed E-state index contributed by atoms with van der Waals surface area (Å²) in [4.78, 5) is 40.4. The van der Waals surface area contributed by atoms with Gasteiger partial charge >= 0.3 is 6.09 Å². The second-order valence-corrected chi connectivity index (χ2v) is 11.8. The number of hydrogen-bond donors (Lipinski definition) is 2. The van der Waals surface area contributed by atoms with E-state index >= 15 is 0 Å². The van der Waals surface area contributed by atoms with Gasteiger partial charge in [0.05, 0.1) is 24.6 Å². The van der Waals surface area contributed by atoms with Gasteiger partial charge < -0.3 is 19.3 Å². The van der Waals surface area contributed by atoms with Crippen molar-refractivity contribution < 1.29 is 46.3 Å². The zero-order chi connectivity index (χ0) is 32.4. The molecule has 0 unspecified atom stereocenters.